The normalized spacial score (nSPS) is 11.5. The highest BCUT2D eigenvalue weighted by atomic mass is 35.5. The lowest BCUT2D eigenvalue weighted by atomic mass is 10.2. The Morgan fingerprint density at radius 3 is 2.76 bits per heavy atom. The first-order chi connectivity index (χ1) is 9.66. The van der Waals surface area contributed by atoms with E-state index in [-0.39, 0.29) is 24.4 Å². The van der Waals surface area contributed by atoms with E-state index in [1.807, 2.05) is 41.8 Å². The molecule has 0 radical (unpaired) electrons. The summed E-state index contributed by atoms with van der Waals surface area (Å²) < 4.78 is 1.85. The van der Waals surface area contributed by atoms with Crippen LogP contribution in [0.5, 0.6) is 0 Å². The summed E-state index contributed by atoms with van der Waals surface area (Å²) >= 11 is 0. The van der Waals surface area contributed by atoms with Crippen molar-refractivity contribution in [2.24, 2.45) is 5.73 Å². The monoisotopic (exact) mass is 309 g/mol. The van der Waals surface area contributed by atoms with E-state index in [1.54, 1.807) is 6.33 Å². The third kappa shape index (κ3) is 5.17. The Morgan fingerprint density at radius 1 is 1.38 bits per heavy atom. The maximum Gasteiger partial charge on any atom is 0.220 e. The van der Waals surface area contributed by atoms with Gasteiger partial charge in [-0.25, -0.2) is 0 Å². The first-order valence-electron chi connectivity index (χ1n) is 6.63. The molecule has 0 saturated heterocycles. The lowest BCUT2D eigenvalue weighted by molar-refractivity contribution is -0.121. The van der Waals surface area contributed by atoms with Crippen molar-refractivity contribution in [2.75, 3.05) is 0 Å². The highest BCUT2D eigenvalue weighted by Gasteiger charge is 2.08. The second-order valence-corrected chi connectivity index (χ2v) is 4.75. The molecule has 114 valence electrons. The van der Waals surface area contributed by atoms with Crippen LogP contribution in [0.4, 0.5) is 0 Å². The number of rotatable bonds is 6. The quantitative estimate of drug-likeness (QED) is 0.845. The molecule has 1 heterocycles. The molecule has 0 aliphatic rings. The Hall–Kier alpha value is -1.92. The van der Waals surface area contributed by atoms with Crippen LogP contribution in [0.25, 0.3) is 5.69 Å². The van der Waals surface area contributed by atoms with Crippen LogP contribution in [0.2, 0.25) is 0 Å². The second-order valence-electron chi connectivity index (χ2n) is 4.75. The zero-order chi connectivity index (χ0) is 14.4. The van der Waals surface area contributed by atoms with Gasteiger partial charge in [-0.1, -0.05) is 18.2 Å². The van der Waals surface area contributed by atoms with Crippen LogP contribution in [-0.4, -0.2) is 26.7 Å². The molecule has 1 unspecified atom stereocenters. The van der Waals surface area contributed by atoms with Crippen molar-refractivity contribution in [3.8, 4) is 5.69 Å². The fraction of sp³-hybridized carbons (Fsp3) is 0.357. The molecule has 0 aliphatic heterocycles. The Labute approximate surface area is 130 Å². The second kappa shape index (κ2) is 8.39. The van der Waals surface area contributed by atoms with Gasteiger partial charge in [-0.15, -0.1) is 22.6 Å². The fourth-order valence-electron chi connectivity index (χ4n) is 1.81. The molecular weight excluding hydrogens is 290 g/mol. The number of aromatic nitrogens is 3. The minimum atomic E-state index is -0.0232. The molecule has 21 heavy (non-hydrogen) atoms. The lowest BCUT2D eigenvalue weighted by Gasteiger charge is -2.08. The topological polar surface area (TPSA) is 85.8 Å². The molecule has 0 spiro atoms. The van der Waals surface area contributed by atoms with Gasteiger partial charge < -0.3 is 11.1 Å². The first-order valence-corrected chi connectivity index (χ1v) is 6.63. The maximum absolute atomic E-state index is 11.7. The standard InChI is InChI=1S/C14H19N5O.ClH/c1-11(15)7-8-14(20)16-9-13-18-17-10-19(13)12-5-3-2-4-6-12;/h2-6,10-11H,7-9,15H2,1H3,(H,16,20);1H. The van der Waals surface area contributed by atoms with Gasteiger partial charge in [0, 0.05) is 18.2 Å². The minimum absolute atomic E-state index is 0. The van der Waals surface area contributed by atoms with Crippen LogP contribution in [0.15, 0.2) is 36.7 Å². The van der Waals surface area contributed by atoms with Gasteiger partial charge in [-0.05, 0) is 25.5 Å². The summed E-state index contributed by atoms with van der Waals surface area (Å²) in [4.78, 5) is 11.7. The van der Waals surface area contributed by atoms with Crippen molar-refractivity contribution in [3.63, 3.8) is 0 Å². The van der Waals surface area contributed by atoms with Gasteiger partial charge in [0.05, 0.1) is 6.54 Å². The van der Waals surface area contributed by atoms with E-state index in [0.29, 0.717) is 25.2 Å². The first kappa shape index (κ1) is 17.1. The summed E-state index contributed by atoms with van der Waals surface area (Å²) in [6.07, 6.45) is 2.74. The molecule has 0 bridgehead atoms. The Morgan fingerprint density at radius 2 is 2.10 bits per heavy atom. The number of halogens is 1. The van der Waals surface area contributed by atoms with Crippen molar-refractivity contribution < 1.29 is 4.79 Å². The van der Waals surface area contributed by atoms with Crippen molar-refractivity contribution >= 4 is 18.3 Å². The number of amides is 1. The van der Waals surface area contributed by atoms with Crippen molar-refractivity contribution in [3.05, 3.63) is 42.5 Å². The van der Waals surface area contributed by atoms with Gasteiger partial charge in [0.25, 0.3) is 0 Å². The predicted octanol–water partition coefficient (Wildman–Crippen LogP) is 1.43. The molecule has 1 amide bonds. The number of hydrogen-bond donors (Lipinski definition) is 2. The van der Waals surface area contributed by atoms with E-state index in [9.17, 15) is 4.79 Å². The predicted molar refractivity (Wildman–Crippen MR) is 83.3 cm³/mol. The Balaban J connectivity index is 0.00000220. The van der Waals surface area contributed by atoms with E-state index < -0.39 is 0 Å². The summed E-state index contributed by atoms with van der Waals surface area (Å²) in [5.74, 6) is 0.676. The number of para-hydroxylation sites is 1. The summed E-state index contributed by atoms with van der Waals surface area (Å²) in [5.41, 5.74) is 6.59. The van der Waals surface area contributed by atoms with Gasteiger partial charge in [-0.2, -0.15) is 0 Å². The number of benzene rings is 1. The van der Waals surface area contributed by atoms with Crippen LogP contribution >= 0.6 is 12.4 Å². The van der Waals surface area contributed by atoms with Crippen molar-refractivity contribution in [1.29, 1.82) is 0 Å². The van der Waals surface area contributed by atoms with Crippen LogP contribution < -0.4 is 11.1 Å². The largest absolute Gasteiger partial charge is 0.349 e. The molecule has 1 atom stereocenters. The number of nitrogens with zero attached hydrogens (tertiary/aromatic N) is 3. The molecule has 3 N–H and O–H groups in total. The Kier molecular flexibility index (Phi) is 6.84. The number of hydrogen-bond acceptors (Lipinski definition) is 4. The van der Waals surface area contributed by atoms with Gasteiger partial charge in [0.15, 0.2) is 5.82 Å². The number of carbonyl (C=O) groups is 1. The van der Waals surface area contributed by atoms with E-state index in [2.05, 4.69) is 15.5 Å². The van der Waals surface area contributed by atoms with E-state index >= 15 is 0 Å². The zero-order valence-electron chi connectivity index (χ0n) is 11.9. The van der Waals surface area contributed by atoms with Gasteiger partial charge in [0.1, 0.15) is 6.33 Å². The van der Waals surface area contributed by atoms with Crippen LogP contribution in [0.1, 0.15) is 25.6 Å². The smallest absolute Gasteiger partial charge is 0.220 e. The summed E-state index contributed by atoms with van der Waals surface area (Å²) in [6, 6.07) is 9.80. The highest BCUT2D eigenvalue weighted by Crippen LogP contribution is 2.08. The molecule has 0 aliphatic carbocycles. The van der Waals surface area contributed by atoms with Gasteiger partial charge in [0.2, 0.25) is 5.91 Å². The summed E-state index contributed by atoms with van der Waals surface area (Å²) in [5, 5.41) is 10.8. The summed E-state index contributed by atoms with van der Waals surface area (Å²) in [7, 11) is 0. The molecule has 6 nitrogen and oxygen atoms in total. The maximum atomic E-state index is 11.7. The average molecular weight is 310 g/mol. The molecule has 2 aromatic rings. The molecule has 1 aromatic heterocycles. The average Bonchev–Trinajstić information content (AvgIpc) is 2.92. The zero-order valence-corrected chi connectivity index (χ0v) is 12.7. The SMILES string of the molecule is CC(N)CCC(=O)NCc1nncn1-c1ccccc1.Cl. The van der Waals surface area contributed by atoms with E-state index in [1.165, 1.54) is 0 Å². The molecule has 7 heteroatoms. The molecule has 2 rings (SSSR count). The number of carbonyl (C=O) groups excluding carboxylic acids is 1. The molecule has 0 fully saturated rings. The van der Waals surface area contributed by atoms with E-state index in [4.69, 9.17) is 5.73 Å². The van der Waals surface area contributed by atoms with Crippen LogP contribution in [0, 0.1) is 0 Å². The van der Waals surface area contributed by atoms with Gasteiger partial charge in [-0.3, -0.25) is 9.36 Å². The summed E-state index contributed by atoms with van der Waals surface area (Å²) in [6.45, 7) is 2.24. The third-order valence-electron chi connectivity index (χ3n) is 2.92. The minimum Gasteiger partial charge on any atom is -0.349 e. The van der Waals surface area contributed by atoms with Gasteiger partial charge >= 0.3 is 0 Å². The molecule has 1 aromatic carbocycles. The third-order valence-corrected chi connectivity index (χ3v) is 2.92. The number of nitrogens with one attached hydrogen (secondary N) is 1. The molecular formula is C14H20ClN5O. The highest BCUT2D eigenvalue weighted by molar-refractivity contribution is 5.85. The van der Waals surface area contributed by atoms with E-state index in [0.717, 1.165) is 5.69 Å². The Bertz CT molecular complexity index is 556. The van der Waals surface area contributed by atoms with Crippen LogP contribution in [0.3, 0.4) is 0 Å². The van der Waals surface area contributed by atoms with Crippen molar-refractivity contribution in [1.82, 2.24) is 20.1 Å². The molecule has 0 saturated carbocycles. The van der Waals surface area contributed by atoms with Crippen molar-refractivity contribution in [2.45, 2.75) is 32.4 Å². The van der Waals surface area contributed by atoms with Crippen LogP contribution in [-0.2, 0) is 11.3 Å². The number of nitrogens with two attached hydrogens (primary N) is 1. The fourth-order valence-corrected chi connectivity index (χ4v) is 1.81. The lowest BCUT2D eigenvalue weighted by Crippen LogP contribution is -2.26.